The SMILES string of the molecule is c1nc(CC23CCCN2CC3)co1. The molecule has 2 fully saturated rings. The van der Waals surface area contributed by atoms with Crippen LogP contribution in [0.1, 0.15) is 25.0 Å². The smallest absolute Gasteiger partial charge is 0.180 e. The third-order valence-corrected chi connectivity index (χ3v) is 3.58. The second-order valence-electron chi connectivity index (χ2n) is 4.22. The highest BCUT2D eigenvalue weighted by atomic mass is 16.3. The molecule has 2 aliphatic heterocycles. The number of hydrogen-bond donors (Lipinski definition) is 0. The van der Waals surface area contributed by atoms with Gasteiger partial charge in [-0.2, -0.15) is 0 Å². The van der Waals surface area contributed by atoms with Crippen LogP contribution in [0.3, 0.4) is 0 Å². The summed E-state index contributed by atoms with van der Waals surface area (Å²) in [5.74, 6) is 0. The molecule has 3 rings (SSSR count). The summed E-state index contributed by atoms with van der Waals surface area (Å²) in [6.45, 7) is 2.58. The zero-order chi connectivity index (χ0) is 8.73. The maximum absolute atomic E-state index is 5.00. The highest BCUT2D eigenvalue weighted by molar-refractivity contribution is 5.11. The van der Waals surface area contributed by atoms with Crippen molar-refractivity contribution in [3.05, 3.63) is 18.4 Å². The van der Waals surface area contributed by atoms with Crippen molar-refractivity contribution in [3.63, 3.8) is 0 Å². The van der Waals surface area contributed by atoms with Crippen molar-refractivity contribution in [3.8, 4) is 0 Å². The van der Waals surface area contributed by atoms with Crippen LogP contribution in [-0.2, 0) is 6.42 Å². The molecule has 3 nitrogen and oxygen atoms in total. The number of aromatic nitrogens is 1. The van der Waals surface area contributed by atoms with Gasteiger partial charge in [0.1, 0.15) is 6.26 Å². The molecule has 0 amide bonds. The third-order valence-electron chi connectivity index (χ3n) is 3.58. The minimum Gasteiger partial charge on any atom is -0.451 e. The van der Waals surface area contributed by atoms with Gasteiger partial charge in [0.15, 0.2) is 6.39 Å². The number of oxazole rings is 1. The summed E-state index contributed by atoms with van der Waals surface area (Å²) in [7, 11) is 0. The Morgan fingerprint density at radius 2 is 2.46 bits per heavy atom. The summed E-state index contributed by atoms with van der Waals surface area (Å²) in [6.07, 6.45) is 8.45. The summed E-state index contributed by atoms with van der Waals surface area (Å²) in [6, 6.07) is 0. The number of hydrogen-bond acceptors (Lipinski definition) is 3. The molecule has 0 N–H and O–H groups in total. The van der Waals surface area contributed by atoms with Crippen molar-refractivity contribution >= 4 is 0 Å². The molecule has 1 aromatic rings. The van der Waals surface area contributed by atoms with Crippen LogP contribution < -0.4 is 0 Å². The Bertz CT molecular complexity index is 296. The van der Waals surface area contributed by atoms with Crippen LogP contribution in [0, 0.1) is 0 Å². The Balaban J connectivity index is 1.78. The van der Waals surface area contributed by atoms with E-state index in [4.69, 9.17) is 4.42 Å². The van der Waals surface area contributed by atoms with Crippen molar-refractivity contribution in [1.82, 2.24) is 9.88 Å². The van der Waals surface area contributed by atoms with Crippen LogP contribution in [0.2, 0.25) is 0 Å². The van der Waals surface area contributed by atoms with Crippen molar-refractivity contribution in [2.24, 2.45) is 0 Å². The molecule has 0 saturated carbocycles. The lowest BCUT2D eigenvalue weighted by Crippen LogP contribution is -2.56. The number of nitrogens with zero attached hydrogens (tertiary/aromatic N) is 2. The van der Waals surface area contributed by atoms with Crippen LogP contribution in [0.25, 0.3) is 0 Å². The van der Waals surface area contributed by atoms with E-state index in [1.807, 2.05) is 0 Å². The molecule has 0 aromatic carbocycles. The van der Waals surface area contributed by atoms with Crippen LogP contribution >= 0.6 is 0 Å². The molecule has 13 heavy (non-hydrogen) atoms. The Labute approximate surface area is 77.7 Å². The molecule has 3 heteroatoms. The molecule has 1 unspecified atom stereocenters. The minimum atomic E-state index is 0.469. The molecule has 2 saturated heterocycles. The Morgan fingerprint density at radius 1 is 1.46 bits per heavy atom. The molecule has 0 aliphatic carbocycles. The molecule has 70 valence electrons. The predicted molar refractivity (Wildman–Crippen MR) is 48.4 cm³/mol. The maximum atomic E-state index is 5.00. The molecular formula is C10H14N2O. The maximum Gasteiger partial charge on any atom is 0.180 e. The Hall–Kier alpha value is -0.830. The molecule has 0 bridgehead atoms. The van der Waals surface area contributed by atoms with Gasteiger partial charge in [0, 0.05) is 18.5 Å². The van der Waals surface area contributed by atoms with E-state index < -0.39 is 0 Å². The van der Waals surface area contributed by atoms with Gasteiger partial charge in [-0.25, -0.2) is 4.98 Å². The summed E-state index contributed by atoms with van der Waals surface area (Å²) in [5, 5.41) is 0. The van der Waals surface area contributed by atoms with Crippen molar-refractivity contribution < 1.29 is 4.42 Å². The largest absolute Gasteiger partial charge is 0.451 e. The lowest BCUT2D eigenvalue weighted by atomic mass is 9.81. The first-order valence-corrected chi connectivity index (χ1v) is 5.01. The van der Waals surface area contributed by atoms with E-state index in [9.17, 15) is 0 Å². The van der Waals surface area contributed by atoms with Gasteiger partial charge in [-0.05, 0) is 25.8 Å². The molecule has 1 aromatic heterocycles. The number of fused-ring (bicyclic) bond motifs is 1. The van der Waals surface area contributed by atoms with Crippen LogP contribution in [0.4, 0.5) is 0 Å². The van der Waals surface area contributed by atoms with E-state index >= 15 is 0 Å². The fourth-order valence-corrected chi connectivity index (χ4v) is 2.77. The zero-order valence-electron chi connectivity index (χ0n) is 7.70. The molecule has 1 atom stereocenters. The fourth-order valence-electron chi connectivity index (χ4n) is 2.77. The number of rotatable bonds is 2. The molecule has 0 spiro atoms. The van der Waals surface area contributed by atoms with Gasteiger partial charge in [-0.3, -0.25) is 4.90 Å². The van der Waals surface area contributed by atoms with Gasteiger partial charge < -0.3 is 4.42 Å². The van der Waals surface area contributed by atoms with Crippen molar-refractivity contribution in [2.45, 2.75) is 31.2 Å². The third kappa shape index (κ3) is 1.03. The van der Waals surface area contributed by atoms with Gasteiger partial charge in [0.05, 0.1) is 5.69 Å². The lowest BCUT2D eigenvalue weighted by molar-refractivity contribution is 0.0272. The van der Waals surface area contributed by atoms with E-state index in [0.717, 1.165) is 12.1 Å². The molecule has 0 radical (unpaired) electrons. The Kier molecular flexibility index (Phi) is 1.50. The van der Waals surface area contributed by atoms with Gasteiger partial charge in [-0.1, -0.05) is 0 Å². The summed E-state index contributed by atoms with van der Waals surface area (Å²) in [5.41, 5.74) is 1.59. The van der Waals surface area contributed by atoms with E-state index in [0.29, 0.717) is 5.54 Å². The first kappa shape index (κ1) is 7.56. The van der Waals surface area contributed by atoms with E-state index in [1.165, 1.54) is 38.7 Å². The second-order valence-corrected chi connectivity index (χ2v) is 4.22. The quantitative estimate of drug-likeness (QED) is 0.686. The molecule has 3 heterocycles. The van der Waals surface area contributed by atoms with Crippen molar-refractivity contribution in [1.29, 1.82) is 0 Å². The summed E-state index contributed by atoms with van der Waals surface area (Å²) >= 11 is 0. The van der Waals surface area contributed by atoms with Gasteiger partial charge in [0.2, 0.25) is 0 Å². The average Bonchev–Trinajstić information content (AvgIpc) is 2.68. The summed E-state index contributed by atoms with van der Waals surface area (Å²) < 4.78 is 5.00. The topological polar surface area (TPSA) is 29.3 Å². The monoisotopic (exact) mass is 178 g/mol. The second kappa shape index (κ2) is 2.58. The highest BCUT2D eigenvalue weighted by Crippen LogP contribution is 2.42. The first-order chi connectivity index (χ1) is 6.39. The van der Waals surface area contributed by atoms with Gasteiger partial charge in [0.25, 0.3) is 0 Å². The van der Waals surface area contributed by atoms with E-state index in [-0.39, 0.29) is 0 Å². The average molecular weight is 178 g/mol. The molecular weight excluding hydrogens is 164 g/mol. The van der Waals surface area contributed by atoms with E-state index in [2.05, 4.69) is 9.88 Å². The normalized spacial score (nSPS) is 32.9. The van der Waals surface area contributed by atoms with Crippen LogP contribution in [0.15, 0.2) is 17.1 Å². The molecule has 2 aliphatic rings. The first-order valence-electron chi connectivity index (χ1n) is 5.01. The van der Waals surface area contributed by atoms with Gasteiger partial charge >= 0.3 is 0 Å². The zero-order valence-corrected chi connectivity index (χ0v) is 7.70. The Morgan fingerprint density at radius 3 is 3.08 bits per heavy atom. The predicted octanol–water partition coefficient (Wildman–Crippen LogP) is 1.46. The van der Waals surface area contributed by atoms with Crippen LogP contribution in [0.5, 0.6) is 0 Å². The highest BCUT2D eigenvalue weighted by Gasteiger charge is 2.47. The van der Waals surface area contributed by atoms with Crippen molar-refractivity contribution in [2.75, 3.05) is 13.1 Å². The minimum absolute atomic E-state index is 0.469. The van der Waals surface area contributed by atoms with Crippen LogP contribution in [-0.4, -0.2) is 28.5 Å². The summed E-state index contributed by atoms with van der Waals surface area (Å²) in [4.78, 5) is 6.80. The standard InChI is InChI=1S/C10H14N2O/c1-2-10(3-5-12(10)4-1)6-9-7-13-8-11-9/h7-8H,1-6H2. The fraction of sp³-hybridized carbons (Fsp3) is 0.700. The lowest BCUT2D eigenvalue weighted by Gasteiger charge is -2.48. The van der Waals surface area contributed by atoms with Gasteiger partial charge in [-0.15, -0.1) is 0 Å². The van der Waals surface area contributed by atoms with E-state index in [1.54, 1.807) is 6.26 Å².